The lowest BCUT2D eigenvalue weighted by Crippen LogP contribution is -2.51. The first-order valence-corrected chi connectivity index (χ1v) is 25.6. The maximum Gasteiger partial charge on any atom is 0.353 e. The molecule has 3 fully saturated rings. The number of amides is 2. The standard InChI is InChI=1S/C45H79ClN3O8P/c1-4-5-6-7-8-9-10-11-12-13-14-15-16-17-27-55-28-20-29-57-58(53,54)34-56-38-24-25-39-40(36(3)50)32-48(43(39)30-38)33-44(51)49-26-19-23-42(49)45(52)47-31-37-21-18-22-41(46)35(37)2/h32,35,37-39,41-43H,4-31,33-34H2,1-3H3,(H,47,52)(H,53,54)/t35?,37?,38?,39?,41?,42-,43?/m0/s1. The molecule has 2 aliphatic carbocycles. The lowest BCUT2D eigenvalue weighted by atomic mass is 9.79. The number of Topliss-reactive ketones (excluding diaryl/α,β-unsaturated/α-hetero) is 1. The van der Waals surface area contributed by atoms with Crippen LogP contribution in [0.3, 0.4) is 0 Å². The Morgan fingerprint density at radius 1 is 0.862 bits per heavy atom. The van der Waals surface area contributed by atoms with E-state index in [-0.39, 0.29) is 54.2 Å². The number of nitrogens with zero attached hydrogens (tertiary/aromatic N) is 2. The molecule has 334 valence electrons. The van der Waals surface area contributed by atoms with Crippen LogP contribution in [0.15, 0.2) is 11.8 Å². The molecule has 2 amide bonds. The number of likely N-dealkylation sites (tertiary alicyclic amines) is 1. The number of fused-ring (bicyclic) bond motifs is 1. The quantitative estimate of drug-likeness (QED) is 0.0429. The van der Waals surface area contributed by atoms with Gasteiger partial charge in [0.15, 0.2) is 5.78 Å². The Morgan fingerprint density at radius 3 is 2.19 bits per heavy atom. The number of nitrogens with one attached hydrogen (secondary N) is 1. The van der Waals surface area contributed by atoms with Crippen LogP contribution in [0.1, 0.15) is 168 Å². The fourth-order valence-electron chi connectivity index (χ4n) is 9.60. The van der Waals surface area contributed by atoms with Crippen LogP contribution in [0.5, 0.6) is 0 Å². The molecular weight excluding hydrogens is 777 g/mol. The van der Waals surface area contributed by atoms with E-state index in [0.29, 0.717) is 75.8 Å². The maximum absolute atomic E-state index is 13.8. The Morgan fingerprint density at radius 2 is 1.52 bits per heavy atom. The average molecular weight is 857 g/mol. The number of hydrogen-bond donors (Lipinski definition) is 2. The van der Waals surface area contributed by atoms with Crippen molar-refractivity contribution in [3.05, 3.63) is 11.8 Å². The van der Waals surface area contributed by atoms with Gasteiger partial charge in [0, 0.05) is 55.4 Å². The Hall–Kier alpha value is -1.49. The van der Waals surface area contributed by atoms with Crippen LogP contribution in [-0.4, -0.2) is 102 Å². The summed E-state index contributed by atoms with van der Waals surface area (Å²) in [5, 5.41) is 3.26. The van der Waals surface area contributed by atoms with Gasteiger partial charge in [0.1, 0.15) is 12.4 Å². The Labute approximate surface area is 356 Å². The van der Waals surface area contributed by atoms with Crippen LogP contribution in [0.2, 0.25) is 0 Å². The van der Waals surface area contributed by atoms with Crippen molar-refractivity contribution in [2.75, 3.05) is 45.8 Å². The number of hydrogen-bond acceptors (Lipinski definition) is 8. The minimum atomic E-state index is -3.96. The normalized spacial score (nSPS) is 27.0. The number of unbranched alkanes of at least 4 members (excludes halogenated alkanes) is 13. The summed E-state index contributed by atoms with van der Waals surface area (Å²) >= 11 is 6.51. The molecule has 8 atom stereocenters. The van der Waals surface area contributed by atoms with Gasteiger partial charge in [0.25, 0.3) is 0 Å². The van der Waals surface area contributed by atoms with Gasteiger partial charge in [0.05, 0.1) is 19.3 Å². The largest absolute Gasteiger partial charge is 0.381 e. The smallest absolute Gasteiger partial charge is 0.353 e. The van der Waals surface area contributed by atoms with E-state index in [1.807, 2.05) is 11.1 Å². The maximum atomic E-state index is 13.8. The number of ketones is 1. The first-order chi connectivity index (χ1) is 28.0. The van der Waals surface area contributed by atoms with Crippen molar-refractivity contribution in [2.24, 2.45) is 17.8 Å². The predicted octanol–water partition coefficient (Wildman–Crippen LogP) is 9.53. The van der Waals surface area contributed by atoms with E-state index in [9.17, 15) is 23.8 Å². The van der Waals surface area contributed by atoms with E-state index in [2.05, 4.69) is 19.2 Å². The van der Waals surface area contributed by atoms with Gasteiger partial charge in [-0.05, 0) is 76.5 Å². The number of rotatable bonds is 29. The Bertz CT molecular complexity index is 1320. The molecule has 2 N–H and O–H groups in total. The highest BCUT2D eigenvalue weighted by molar-refractivity contribution is 7.52. The Kier molecular flexibility index (Phi) is 22.7. The minimum absolute atomic E-state index is 0.0179. The zero-order valence-corrected chi connectivity index (χ0v) is 38.0. The third-order valence-electron chi connectivity index (χ3n) is 13.2. The third kappa shape index (κ3) is 16.8. The van der Waals surface area contributed by atoms with Gasteiger partial charge in [-0.1, -0.05) is 104 Å². The van der Waals surface area contributed by atoms with Crippen molar-refractivity contribution in [3.63, 3.8) is 0 Å². The first-order valence-electron chi connectivity index (χ1n) is 23.4. The molecule has 4 rings (SSSR count). The van der Waals surface area contributed by atoms with E-state index >= 15 is 0 Å². The average Bonchev–Trinajstić information content (AvgIpc) is 3.84. The van der Waals surface area contributed by atoms with Gasteiger partial charge in [-0.3, -0.25) is 18.9 Å². The molecule has 0 aromatic carbocycles. The highest BCUT2D eigenvalue weighted by Crippen LogP contribution is 2.45. The summed E-state index contributed by atoms with van der Waals surface area (Å²) in [6.45, 7) is 8.45. The van der Waals surface area contributed by atoms with E-state index in [1.165, 1.54) is 83.5 Å². The lowest BCUT2D eigenvalue weighted by Gasteiger charge is -2.38. The summed E-state index contributed by atoms with van der Waals surface area (Å²) in [6, 6.07) is -0.655. The van der Waals surface area contributed by atoms with Crippen LogP contribution >= 0.6 is 19.2 Å². The molecule has 0 spiro atoms. The van der Waals surface area contributed by atoms with Gasteiger partial charge in [-0.2, -0.15) is 0 Å². The topological polar surface area (TPSA) is 135 Å². The molecular formula is C45H79ClN3O8P. The Balaban J connectivity index is 1.08. The number of ether oxygens (including phenoxy) is 2. The van der Waals surface area contributed by atoms with Gasteiger partial charge < -0.3 is 34.0 Å². The van der Waals surface area contributed by atoms with Crippen LogP contribution in [-0.2, 0) is 32.9 Å². The summed E-state index contributed by atoms with van der Waals surface area (Å²) in [4.78, 5) is 53.9. The third-order valence-corrected chi connectivity index (χ3v) is 14.9. The van der Waals surface area contributed by atoms with Gasteiger partial charge in [-0.25, -0.2) is 0 Å². The molecule has 11 nitrogen and oxygen atoms in total. The summed E-state index contributed by atoms with van der Waals surface area (Å²) < 4.78 is 29.9. The van der Waals surface area contributed by atoms with Crippen molar-refractivity contribution < 1.29 is 37.8 Å². The zero-order chi connectivity index (χ0) is 41.8. The fraction of sp³-hybridized carbons (Fsp3) is 0.889. The van der Waals surface area contributed by atoms with Crippen molar-refractivity contribution in [2.45, 2.75) is 192 Å². The SMILES string of the molecule is CCCCCCCCCCCCCCCCOCCCOP(=O)(O)COC1CCC2C(C(C)=O)=CN(CC(=O)N3CCC[C@H]3C(=O)NCC3CCCC(Cl)C3C)C2C1. The van der Waals surface area contributed by atoms with E-state index in [4.69, 9.17) is 25.6 Å². The predicted molar refractivity (Wildman–Crippen MR) is 232 cm³/mol. The summed E-state index contributed by atoms with van der Waals surface area (Å²) in [6.07, 6.45) is 26.5. The monoisotopic (exact) mass is 856 g/mol. The van der Waals surface area contributed by atoms with Crippen LogP contribution < -0.4 is 5.32 Å². The molecule has 0 radical (unpaired) electrons. The highest BCUT2D eigenvalue weighted by atomic mass is 35.5. The number of carbonyl (C=O) groups is 3. The molecule has 13 heteroatoms. The van der Waals surface area contributed by atoms with E-state index < -0.39 is 20.0 Å². The number of halogens is 1. The van der Waals surface area contributed by atoms with Crippen LogP contribution in [0, 0.1) is 17.8 Å². The molecule has 2 aliphatic heterocycles. The lowest BCUT2D eigenvalue weighted by molar-refractivity contribution is -0.139. The number of carbonyl (C=O) groups excluding carboxylic acids is 3. The molecule has 4 aliphatic rings. The van der Waals surface area contributed by atoms with E-state index in [1.54, 1.807) is 11.8 Å². The molecule has 58 heavy (non-hydrogen) atoms. The zero-order valence-electron chi connectivity index (χ0n) is 36.4. The molecule has 0 aromatic rings. The van der Waals surface area contributed by atoms with E-state index in [0.717, 1.165) is 32.1 Å². The van der Waals surface area contributed by atoms with Crippen molar-refractivity contribution in [1.29, 1.82) is 0 Å². The van der Waals surface area contributed by atoms with Gasteiger partial charge in [-0.15, -0.1) is 11.6 Å². The van der Waals surface area contributed by atoms with Crippen molar-refractivity contribution in [1.82, 2.24) is 15.1 Å². The fourth-order valence-corrected chi connectivity index (χ4v) is 10.8. The molecule has 7 unspecified atom stereocenters. The van der Waals surface area contributed by atoms with Crippen LogP contribution in [0.4, 0.5) is 0 Å². The number of alkyl halides is 1. The van der Waals surface area contributed by atoms with Crippen molar-refractivity contribution >= 4 is 36.8 Å². The molecule has 0 bridgehead atoms. The summed E-state index contributed by atoms with van der Waals surface area (Å²) in [5.41, 5.74) is 0.703. The second-order valence-corrected chi connectivity index (χ2v) is 20.2. The highest BCUT2D eigenvalue weighted by Gasteiger charge is 2.44. The van der Waals surface area contributed by atoms with Gasteiger partial charge in [0.2, 0.25) is 11.8 Å². The second kappa shape index (κ2) is 26.8. The molecule has 0 aromatic heterocycles. The molecule has 2 saturated carbocycles. The first kappa shape index (κ1) is 49.2. The second-order valence-electron chi connectivity index (χ2n) is 17.8. The summed E-state index contributed by atoms with van der Waals surface area (Å²) in [7, 11) is -3.96. The summed E-state index contributed by atoms with van der Waals surface area (Å²) in [5.74, 6) is 0.375. The molecule has 2 heterocycles. The molecule has 1 saturated heterocycles. The minimum Gasteiger partial charge on any atom is -0.381 e. The van der Waals surface area contributed by atoms with Crippen molar-refractivity contribution in [3.8, 4) is 0 Å². The van der Waals surface area contributed by atoms with Gasteiger partial charge >= 0.3 is 7.60 Å². The van der Waals surface area contributed by atoms with Crippen LogP contribution in [0.25, 0.3) is 0 Å².